The maximum absolute atomic E-state index is 13.5. The summed E-state index contributed by atoms with van der Waals surface area (Å²) in [6.07, 6.45) is -9.51. The lowest BCUT2D eigenvalue weighted by molar-refractivity contribution is -0.205. The first kappa shape index (κ1) is 20.8. The van der Waals surface area contributed by atoms with Crippen molar-refractivity contribution in [1.82, 2.24) is 9.55 Å². The number of esters is 1. The fourth-order valence-electron chi connectivity index (χ4n) is 3.11. The third-order valence-electron chi connectivity index (χ3n) is 4.56. The van der Waals surface area contributed by atoms with Gasteiger partial charge in [-0.3, -0.25) is 14.3 Å². The number of nitrogens with zero attached hydrogens (tertiary/aromatic N) is 1. The number of rotatable bonds is 4. The second kappa shape index (κ2) is 7.84. The molecule has 8 nitrogen and oxygen atoms in total. The topological polar surface area (TPSA) is 111 Å². The third-order valence-corrected chi connectivity index (χ3v) is 4.56. The van der Waals surface area contributed by atoms with Crippen LogP contribution in [0.25, 0.3) is 0 Å². The van der Waals surface area contributed by atoms with E-state index in [1.807, 2.05) is 4.98 Å². The average molecular weight is 414 g/mol. The van der Waals surface area contributed by atoms with Gasteiger partial charge in [0.05, 0.1) is 5.56 Å². The highest BCUT2D eigenvalue weighted by Gasteiger charge is 2.58. The summed E-state index contributed by atoms with van der Waals surface area (Å²) in [5, 5.41) is 10.2. The van der Waals surface area contributed by atoms with E-state index in [9.17, 15) is 32.7 Å². The minimum absolute atomic E-state index is 0.0444. The number of aryl methyl sites for hydroxylation is 1. The normalized spacial score (nSPS) is 24.4. The maximum Gasteiger partial charge on any atom is 0.397 e. The molecule has 11 heteroatoms. The molecule has 3 rings (SSSR count). The van der Waals surface area contributed by atoms with Gasteiger partial charge in [0.1, 0.15) is 24.7 Å². The Morgan fingerprint density at radius 3 is 2.55 bits per heavy atom. The van der Waals surface area contributed by atoms with Gasteiger partial charge in [0.25, 0.3) is 5.56 Å². The summed E-state index contributed by atoms with van der Waals surface area (Å²) in [5.41, 5.74) is -1.56. The van der Waals surface area contributed by atoms with Crippen LogP contribution in [0.1, 0.15) is 22.1 Å². The van der Waals surface area contributed by atoms with Crippen molar-refractivity contribution in [2.24, 2.45) is 5.92 Å². The van der Waals surface area contributed by atoms with Crippen LogP contribution in [0.5, 0.6) is 0 Å². The van der Waals surface area contributed by atoms with E-state index in [-0.39, 0.29) is 11.1 Å². The SMILES string of the molecule is Cc1cn([C@@H]2O[C@H](COC(=O)c3ccccc3)[C@@H](C(F)(F)F)[C@H]2O)c(=O)[nH]c1=O. The largest absolute Gasteiger partial charge is 0.459 e. The number of carbonyl (C=O) groups is 1. The number of ether oxygens (including phenoxy) is 2. The number of aromatic amines is 1. The van der Waals surface area contributed by atoms with Crippen LogP contribution in [0.3, 0.4) is 0 Å². The van der Waals surface area contributed by atoms with Gasteiger partial charge in [0.2, 0.25) is 0 Å². The van der Waals surface area contributed by atoms with Gasteiger partial charge < -0.3 is 14.6 Å². The van der Waals surface area contributed by atoms with Gasteiger partial charge in [-0.2, -0.15) is 13.2 Å². The number of aliphatic hydroxyl groups excluding tert-OH is 1. The fraction of sp³-hybridized carbons (Fsp3) is 0.389. The number of alkyl halides is 3. The molecule has 0 saturated carbocycles. The molecule has 2 N–H and O–H groups in total. The zero-order chi connectivity index (χ0) is 21.3. The second-order valence-corrected chi connectivity index (χ2v) is 6.57. The lowest BCUT2D eigenvalue weighted by Gasteiger charge is -2.22. The Bertz CT molecular complexity index is 1000. The van der Waals surface area contributed by atoms with Crippen LogP contribution < -0.4 is 11.2 Å². The zero-order valence-corrected chi connectivity index (χ0v) is 15.1. The summed E-state index contributed by atoms with van der Waals surface area (Å²) < 4.78 is 51.4. The highest BCUT2D eigenvalue weighted by atomic mass is 19.4. The van der Waals surface area contributed by atoms with E-state index >= 15 is 0 Å². The van der Waals surface area contributed by atoms with Crippen molar-refractivity contribution in [3.05, 3.63) is 68.5 Å². The molecule has 0 spiro atoms. The Morgan fingerprint density at radius 1 is 1.28 bits per heavy atom. The van der Waals surface area contributed by atoms with E-state index in [2.05, 4.69) is 0 Å². The van der Waals surface area contributed by atoms with Crippen molar-refractivity contribution in [2.75, 3.05) is 6.61 Å². The standard InChI is InChI=1S/C18H17F3N2O6/c1-9-7-23(17(27)22-14(9)25)15-13(24)12(18(19,20)21)11(29-15)8-28-16(26)10-5-3-2-4-6-10/h2-7,11-13,15,24H,8H2,1H3,(H,22,25,27)/t11-,12-,13-,15-/m1/s1. The zero-order valence-electron chi connectivity index (χ0n) is 15.1. The summed E-state index contributed by atoms with van der Waals surface area (Å²) in [6.45, 7) is 0.555. The van der Waals surface area contributed by atoms with Gasteiger partial charge in [-0.15, -0.1) is 0 Å². The Kier molecular flexibility index (Phi) is 5.62. The number of aliphatic hydroxyl groups is 1. The lowest BCUT2D eigenvalue weighted by Crippen LogP contribution is -2.42. The lowest BCUT2D eigenvalue weighted by atomic mass is 9.97. The number of halogens is 3. The van der Waals surface area contributed by atoms with E-state index < -0.39 is 54.4 Å². The van der Waals surface area contributed by atoms with Gasteiger partial charge in [0, 0.05) is 11.8 Å². The number of carbonyl (C=O) groups excluding carboxylic acids is 1. The molecule has 1 aliphatic heterocycles. The number of H-pyrrole nitrogens is 1. The van der Waals surface area contributed by atoms with Gasteiger partial charge in [-0.1, -0.05) is 18.2 Å². The first-order valence-corrected chi connectivity index (χ1v) is 8.54. The molecule has 1 aromatic heterocycles. The van der Waals surface area contributed by atoms with Crippen LogP contribution in [-0.4, -0.2) is 45.6 Å². The van der Waals surface area contributed by atoms with Gasteiger partial charge in [-0.05, 0) is 19.1 Å². The van der Waals surface area contributed by atoms with E-state index in [4.69, 9.17) is 9.47 Å². The second-order valence-electron chi connectivity index (χ2n) is 6.57. The summed E-state index contributed by atoms with van der Waals surface area (Å²) in [6, 6.07) is 7.64. The molecule has 0 radical (unpaired) electrons. The quantitative estimate of drug-likeness (QED) is 0.726. The molecule has 1 aliphatic rings. The monoisotopic (exact) mass is 414 g/mol. The number of benzene rings is 1. The van der Waals surface area contributed by atoms with Crippen LogP contribution in [0.15, 0.2) is 46.1 Å². The molecule has 156 valence electrons. The van der Waals surface area contributed by atoms with Crippen LogP contribution in [0.2, 0.25) is 0 Å². The van der Waals surface area contributed by atoms with Gasteiger partial charge in [0.15, 0.2) is 6.23 Å². The summed E-state index contributed by atoms with van der Waals surface area (Å²) in [5.74, 6) is -3.26. The molecule has 0 amide bonds. The predicted molar refractivity (Wildman–Crippen MR) is 92.2 cm³/mol. The van der Waals surface area contributed by atoms with Crippen LogP contribution in [-0.2, 0) is 9.47 Å². The molecule has 0 bridgehead atoms. The number of aromatic nitrogens is 2. The molecular formula is C18H17F3N2O6. The minimum atomic E-state index is -4.89. The maximum atomic E-state index is 13.5. The van der Waals surface area contributed by atoms with E-state index in [1.165, 1.54) is 19.1 Å². The molecule has 4 atom stereocenters. The Hall–Kier alpha value is -2.92. The van der Waals surface area contributed by atoms with Crippen molar-refractivity contribution in [1.29, 1.82) is 0 Å². The summed E-state index contributed by atoms with van der Waals surface area (Å²) in [7, 11) is 0. The Balaban J connectivity index is 1.85. The van der Waals surface area contributed by atoms with Crippen molar-refractivity contribution < 1.29 is 32.5 Å². The highest BCUT2D eigenvalue weighted by molar-refractivity contribution is 5.89. The molecule has 1 aromatic carbocycles. The van der Waals surface area contributed by atoms with Gasteiger partial charge in [-0.25, -0.2) is 9.59 Å². The molecule has 0 aliphatic carbocycles. The average Bonchev–Trinajstić information content (AvgIpc) is 3.00. The number of hydrogen-bond donors (Lipinski definition) is 2. The molecule has 2 heterocycles. The Labute approximate surface area is 161 Å². The number of hydrogen-bond acceptors (Lipinski definition) is 6. The van der Waals surface area contributed by atoms with Crippen molar-refractivity contribution >= 4 is 5.97 Å². The molecule has 29 heavy (non-hydrogen) atoms. The molecule has 0 unspecified atom stereocenters. The third kappa shape index (κ3) is 4.25. The van der Waals surface area contributed by atoms with E-state index in [0.29, 0.717) is 4.57 Å². The number of nitrogens with one attached hydrogen (secondary N) is 1. The Morgan fingerprint density at radius 2 is 1.93 bits per heavy atom. The van der Waals surface area contributed by atoms with Crippen molar-refractivity contribution in [2.45, 2.75) is 31.5 Å². The molecule has 2 aromatic rings. The van der Waals surface area contributed by atoms with Crippen molar-refractivity contribution in [3.8, 4) is 0 Å². The highest BCUT2D eigenvalue weighted by Crippen LogP contribution is 2.43. The van der Waals surface area contributed by atoms with E-state index in [1.54, 1.807) is 18.2 Å². The van der Waals surface area contributed by atoms with Crippen molar-refractivity contribution in [3.63, 3.8) is 0 Å². The molecule has 1 saturated heterocycles. The van der Waals surface area contributed by atoms with Crippen LogP contribution >= 0.6 is 0 Å². The summed E-state index contributed by atoms with van der Waals surface area (Å²) in [4.78, 5) is 37.4. The molecular weight excluding hydrogens is 397 g/mol. The first-order chi connectivity index (χ1) is 13.6. The smallest absolute Gasteiger partial charge is 0.397 e. The predicted octanol–water partition coefficient (Wildman–Crippen LogP) is 1.14. The van der Waals surface area contributed by atoms with E-state index in [0.717, 1.165) is 6.20 Å². The molecule has 1 fully saturated rings. The fourth-order valence-corrected chi connectivity index (χ4v) is 3.11. The van der Waals surface area contributed by atoms with Gasteiger partial charge >= 0.3 is 17.8 Å². The minimum Gasteiger partial charge on any atom is -0.459 e. The first-order valence-electron chi connectivity index (χ1n) is 8.54. The summed E-state index contributed by atoms with van der Waals surface area (Å²) >= 11 is 0. The van der Waals surface area contributed by atoms with Crippen LogP contribution in [0, 0.1) is 12.8 Å². The van der Waals surface area contributed by atoms with Crippen LogP contribution in [0.4, 0.5) is 13.2 Å².